The molecule has 0 spiro atoms. The highest BCUT2D eigenvalue weighted by molar-refractivity contribution is 8.18. The highest BCUT2D eigenvalue weighted by atomic mass is 32.2. The molecule has 10 heteroatoms. The first-order valence-corrected chi connectivity index (χ1v) is 12.9. The van der Waals surface area contributed by atoms with E-state index in [-0.39, 0.29) is 25.0 Å². The first-order chi connectivity index (χ1) is 18.9. The van der Waals surface area contributed by atoms with Crippen molar-refractivity contribution < 1.29 is 28.6 Å². The molecular weight excluding hydrogens is 518 g/mol. The number of esters is 1. The van der Waals surface area contributed by atoms with Crippen molar-refractivity contribution in [1.82, 2.24) is 4.90 Å². The van der Waals surface area contributed by atoms with Gasteiger partial charge in [-0.05, 0) is 61.2 Å². The summed E-state index contributed by atoms with van der Waals surface area (Å²) in [4.78, 5) is 44.0. The minimum atomic E-state index is -0.438. The summed E-state index contributed by atoms with van der Waals surface area (Å²) in [7, 11) is 3.13. The third-order valence-electron chi connectivity index (χ3n) is 5.51. The number of carbonyl (C=O) groups excluding carboxylic acids is 3. The van der Waals surface area contributed by atoms with Crippen molar-refractivity contribution in [3.8, 4) is 11.5 Å². The molecule has 0 radical (unpaired) electrons. The average molecular weight is 546 g/mol. The van der Waals surface area contributed by atoms with E-state index in [2.05, 4.69) is 10.3 Å². The van der Waals surface area contributed by atoms with Crippen LogP contribution in [-0.2, 0) is 14.3 Å². The highest BCUT2D eigenvalue weighted by Gasteiger charge is 2.31. The Bertz CT molecular complexity index is 1440. The number of amidine groups is 1. The number of nitrogens with one attached hydrogen (secondary N) is 1. The molecule has 2 amide bonds. The van der Waals surface area contributed by atoms with Crippen molar-refractivity contribution in [2.24, 2.45) is 4.99 Å². The predicted molar refractivity (Wildman–Crippen MR) is 151 cm³/mol. The Kier molecular flexibility index (Phi) is 9.01. The number of thioether (sulfide) groups is 1. The number of rotatable bonds is 9. The van der Waals surface area contributed by atoms with Gasteiger partial charge in [0.1, 0.15) is 0 Å². The van der Waals surface area contributed by atoms with Crippen LogP contribution in [0.25, 0.3) is 6.08 Å². The lowest BCUT2D eigenvalue weighted by atomic mass is 10.1. The summed E-state index contributed by atoms with van der Waals surface area (Å²) in [6.45, 7) is 1.76. The fourth-order valence-electron chi connectivity index (χ4n) is 3.64. The summed E-state index contributed by atoms with van der Waals surface area (Å²) < 4.78 is 16.4. The van der Waals surface area contributed by atoms with Crippen LogP contribution in [0.1, 0.15) is 22.8 Å². The summed E-state index contributed by atoms with van der Waals surface area (Å²) in [5, 5.41) is 3.22. The van der Waals surface area contributed by atoms with Gasteiger partial charge in [-0.1, -0.05) is 36.4 Å². The Morgan fingerprint density at radius 3 is 2.56 bits per heavy atom. The monoisotopic (exact) mass is 545 g/mol. The number of para-hydroxylation sites is 2. The van der Waals surface area contributed by atoms with Crippen molar-refractivity contribution in [3.63, 3.8) is 0 Å². The molecular formula is C29H27N3O6S. The van der Waals surface area contributed by atoms with Gasteiger partial charge in [-0.3, -0.25) is 14.5 Å². The number of anilines is 1. The highest BCUT2D eigenvalue weighted by Crippen LogP contribution is 2.38. The van der Waals surface area contributed by atoms with Crippen molar-refractivity contribution >= 4 is 52.2 Å². The molecule has 9 nitrogen and oxygen atoms in total. The van der Waals surface area contributed by atoms with Crippen molar-refractivity contribution in [3.05, 3.63) is 88.8 Å². The number of carbonyl (C=O) groups is 3. The molecule has 0 bridgehead atoms. The van der Waals surface area contributed by atoms with Crippen LogP contribution in [-0.4, -0.2) is 55.2 Å². The lowest BCUT2D eigenvalue weighted by Gasteiger charge is -2.13. The Morgan fingerprint density at radius 1 is 1.05 bits per heavy atom. The lowest BCUT2D eigenvalue weighted by molar-refractivity contribution is -0.121. The van der Waals surface area contributed by atoms with Crippen LogP contribution in [0.3, 0.4) is 0 Å². The van der Waals surface area contributed by atoms with Gasteiger partial charge < -0.3 is 19.5 Å². The molecule has 3 aromatic carbocycles. The molecule has 1 fully saturated rings. The first kappa shape index (κ1) is 27.5. The van der Waals surface area contributed by atoms with Crippen LogP contribution >= 0.6 is 11.8 Å². The molecule has 0 aliphatic carbocycles. The van der Waals surface area contributed by atoms with E-state index in [0.717, 1.165) is 0 Å². The quantitative estimate of drug-likeness (QED) is 0.294. The second-order valence-electron chi connectivity index (χ2n) is 8.22. The van der Waals surface area contributed by atoms with Crippen molar-refractivity contribution in [2.75, 3.05) is 32.7 Å². The van der Waals surface area contributed by atoms with Crippen LogP contribution in [0.15, 0.2) is 82.7 Å². The van der Waals surface area contributed by atoms with Crippen molar-refractivity contribution in [2.45, 2.75) is 6.92 Å². The zero-order valence-corrected chi connectivity index (χ0v) is 22.5. The number of methoxy groups -OCH3 is 1. The van der Waals surface area contributed by atoms with E-state index >= 15 is 0 Å². The zero-order chi connectivity index (χ0) is 27.8. The number of hydrogen-bond donors (Lipinski definition) is 1. The Hall–Kier alpha value is -4.57. The van der Waals surface area contributed by atoms with Crippen LogP contribution in [0.5, 0.6) is 11.5 Å². The van der Waals surface area contributed by atoms with Gasteiger partial charge in [0.25, 0.3) is 11.8 Å². The van der Waals surface area contributed by atoms with Gasteiger partial charge in [-0.15, -0.1) is 0 Å². The second kappa shape index (κ2) is 12.8. The molecule has 0 saturated carbocycles. The van der Waals surface area contributed by atoms with Crippen LogP contribution in [0.4, 0.5) is 11.4 Å². The molecule has 1 aliphatic rings. The topological polar surface area (TPSA) is 107 Å². The number of nitrogens with zero attached hydrogens (tertiary/aromatic N) is 2. The standard InChI is InChI=1S/C29H27N3O6S/c1-4-37-28(35)20-11-8-14-22(16-20)31-29-32(2)27(34)24(39-29)17-19-10-9-15-23(36-3)26(19)38-18-25(33)30-21-12-6-5-7-13-21/h5-17H,4,18H2,1-3H3,(H,30,33). The average Bonchev–Trinajstić information content (AvgIpc) is 3.20. The molecule has 200 valence electrons. The van der Waals surface area contributed by atoms with Gasteiger partial charge in [0.05, 0.1) is 29.9 Å². The Balaban J connectivity index is 1.55. The van der Waals surface area contributed by atoms with Gasteiger partial charge >= 0.3 is 5.97 Å². The van der Waals surface area contributed by atoms with Gasteiger partial charge in [0.15, 0.2) is 23.3 Å². The van der Waals surface area contributed by atoms with Crippen LogP contribution < -0.4 is 14.8 Å². The second-order valence-corrected chi connectivity index (χ2v) is 9.23. The number of aliphatic imine (C=N–C) groups is 1. The molecule has 0 atom stereocenters. The van der Waals surface area contributed by atoms with Crippen molar-refractivity contribution in [1.29, 1.82) is 0 Å². The van der Waals surface area contributed by atoms with Gasteiger partial charge in [0.2, 0.25) is 0 Å². The van der Waals surface area contributed by atoms with E-state index in [1.165, 1.54) is 23.8 Å². The molecule has 1 N–H and O–H groups in total. The fourth-order valence-corrected chi connectivity index (χ4v) is 4.62. The van der Waals surface area contributed by atoms with E-state index < -0.39 is 5.97 Å². The zero-order valence-electron chi connectivity index (χ0n) is 21.7. The molecule has 0 aromatic heterocycles. The molecule has 4 rings (SSSR count). The summed E-state index contributed by atoms with van der Waals surface area (Å²) in [6, 6.07) is 21.0. The molecule has 3 aromatic rings. The van der Waals surface area contributed by atoms with Gasteiger partial charge in [-0.25, -0.2) is 9.79 Å². The summed E-state index contributed by atoms with van der Waals surface area (Å²) in [5.41, 5.74) is 2.11. The van der Waals surface area contributed by atoms with Gasteiger partial charge in [0, 0.05) is 18.3 Å². The summed E-state index contributed by atoms with van der Waals surface area (Å²) in [6.07, 6.45) is 1.67. The van der Waals surface area contributed by atoms with Gasteiger partial charge in [-0.2, -0.15) is 0 Å². The van der Waals surface area contributed by atoms with E-state index in [4.69, 9.17) is 14.2 Å². The summed E-state index contributed by atoms with van der Waals surface area (Å²) in [5.74, 6) is -0.275. The number of hydrogen-bond acceptors (Lipinski definition) is 8. The summed E-state index contributed by atoms with van der Waals surface area (Å²) >= 11 is 1.19. The number of ether oxygens (including phenoxy) is 3. The van der Waals surface area contributed by atoms with Crippen LogP contribution in [0, 0.1) is 0 Å². The lowest BCUT2D eigenvalue weighted by Crippen LogP contribution is -2.23. The molecule has 39 heavy (non-hydrogen) atoms. The first-order valence-electron chi connectivity index (χ1n) is 12.1. The maximum absolute atomic E-state index is 13.1. The molecule has 0 unspecified atom stereocenters. The number of benzene rings is 3. The van der Waals surface area contributed by atoms with Crippen LogP contribution in [0.2, 0.25) is 0 Å². The smallest absolute Gasteiger partial charge is 0.338 e. The Morgan fingerprint density at radius 2 is 1.82 bits per heavy atom. The van der Waals surface area contributed by atoms with E-state index in [1.54, 1.807) is 74.6 Å². The molecule has 1 saturated heterocycles. The maximum Gasteiger partial charge on any atom is 0.338 e. The maximum atomic E-state index is 13.1. The third-order valence-corrected chi connectivity index (χ3v) is 6.57. The number of likely N-dealkylation sites (N-methyl/N-ethyl adjacent to an activating group) is 1. The Labute approximate surface area is 230 Å². The van der Waals surface area contributed by atoms with E-state index in [0.29, 0.717) is 44.1 Å². The van der Waals surface area contributed by atoms with E-state index in [9.17, 15) is 14.4 Å². The third kappa shape index (κ3) is 6.85. The SMILES string of the molecule is CCOC(=O)c1cccc(N=C2SC(=Cc3cccc(OC)c3OCC(=O)Nc3ccccc3)C(=O)N2C)c1. The normalized spacial score (nSPS) is 14.9. The van der Waals surface area contributed by atoms with E-state index in [1.807, 2.05) is 18.2 Å². The minimum absolute atomic E-state index is 0.254. The predicted octanol–water partition coefficient (Wildman–Crippen LogP) is 5.12. The number of amides is 2. The minimum Gasteiger partial charge on any atom is -0.493 e. The fraction of sp³-hybridized carbons (Fsp3) is 0.172. The molecule has 1 aliphatic heterocycles. The molecule has 1 heterocycles. The largest absolute Gasteiger partial charge is 0.493 e.